The molecule has 1 aromatic rings. The second kappa shape index (κ2) is 6.50. The monoisotopic (exact) mass is 240 g/mol. The van der Waals surface area contributed by atoms with Crippen molar-refractivity contribution in [2.45, 2.75) is 6.42 Å². The molecular formula is C8H7ClF2Zn. The summed E-state index contributed by atoms with van der Waals surface area (Å²) in [5.74, 6) is -1.61. The Balaban J connectivity index is 0. The number of hydrogen-bond acceptors (Lipinski definition) is 0. The molecule has 0 N–H and O–H groups in total. The number of benzene rings is 1. The van der Waals surface area contributed by atoms with Crippen LogP contribution in [0.15, 0.2) is 18.2 Å². The van der Waals surface area contributed by atoms with Crippen LogP contribution in [0.1, 0.15) is 5.56 Å². The smallest absolute Gasteiger partial charge is 1.00 e. The molecule has 62 valence electrons. The maximum Gasteiger partial charge on any atom is 2.00 e. The van der Waals surface area contributed by atoms with Gasteiger partial charge in [-0.05, 0) is 12.1 Å². The maximum atomic E-state index is 12.4. The van der Waals surface area contributed by atoms with Crippen LogP contribution in [0.2, 0.25) is 0 Å². The summed E-state index contributed by atoms with van der Waals surface area (Å²) < 4.78 is 24.6. The van der Waals surface area contributed by atoms with E-state index in [0.717, 1.165) is 12.1 Å². The predicted octanol–water partition coefficient (Wildman–Crippen LogP) is -0.657. The molecule has 0 nitrogen and oxygen atoms in total. The molecule has 1 aromatic carbocycles. The van der Waals surface area contributed by atoms with E-state index >= 15 is 0 Å². The van der Waals surface area contributed by atoms with Crippen molar-refractivity contribution in [2.24, 2.45) is 0 Å². The first-order chi connectivity index (χ1) is 4.74. The normalized spacial score (nSPS) is 8.25. The van der Waals surface area contributed by atoms with Crippen molar-refractivity contribution in [1.82, 2.24) is 0 Å². The largest absolute Gasteiger partial charge is 2.00 e. The van der Waals surface area contributed by atoms with E-state index in [4.69, 9.17) is 0 Å². The molecule has 0 aromatic heterocycles. The van der Waals surface area contributed by atoms with Crippen LogP contribution in [0.4, 0.5) is 8.78 Å². The SMILES string of the molecule is [CH2-]Cc1ccc(F)c(F)c1.[Cl-].[Zn+2]. The first kappa shape index (κ1) is 14.5. The fourth-order valence-corrected chi connectivity index (χ4v) is 0.695. The summed E-state index contributed by atoms with van der Waals surface area (Å²) in [5, 5.41) is 0. The number of rotatable bonds is 1. The van der Waals surface area contributed by atoms with Crippen LogP contribution in [0.25, 0.3) is 0 Å². The van der Waals surface area contributed by atoms with Crippen molar-refractivity contribution >= 4 is 0 Å². The van der Waals surface area contributed by atoms with Gasteiger partial charge in [-0.25, -0.2) is 8.78 Å². The van der Waals surface area contributed by atoms with Crippen molar-refractivity contribution < 1.29 is 40.7 Å². The van der Waals surface area contributed by atoms with Crippen molar-refractivity contribution in [3.8, 4) is 0 Å². The Kier molecular flexibility index (Phi) is 7.87. The van der Waals surface area contributed by atoms with Crippen LogP contribution in [0.5, 0.6) is 0 Å². The third-order valence-corrected chi connectivity index (χ3v) is 1.27. The van der Waals surface area contributed by atoms with E-state index in [1.54, 1.807) is 0 Å². The molecule has 0 heterocycles. The van der Waals surface area contributed by atoms with Gasteiger partial charge in [0.05, 0.1) is 0 Å². The fourth-order valence-electron chi connectivity index (χ4n) is 0.695. The average molecular weight is 242 g/mol. The molecule has 0 atom stereocenters. The molecule has 0 amide bonds. The van der Waals surface area contributed by atoms with Gasteiger partial charge in [0.15, 0.2) is 11.6 Å². The minimum atomic E-state index is -0.808. The summed E-state index contributed by atoms with van der Waals surface area (Å²) in [5.41, 5.74) is 0.707. The van der Waals surface area contributed by atoms with Gasteiger partial charge in [-0.1, -0.05) is 11.6 Å². The van der Waals surface area contributed by atoms with Gasteiger partial charge in [0.25, 0.3) is 0 Å². The minimum Gasteiger partial charge on any atom is -1.00 e. The molecule has 0 unspecified atom stereocenters. The molecule has 0 aliphatic rings. The summed E-state index contributed by atoms with van der Waals surface area (Å²) in [4.78, 5) is 0. The summed E-state index contributed by atoms with van der Waals surface area (Å²) >= 11 is 0. The van der Waals surface area contributed by atoms with E-state index in [1.165, 1.54) is 6.07 Å². The average Bonchev–Trinajstić information content (AvgIpc) is 1.95. The topological polar surface area (TPSA) is 0 Å². The van der Waals surface area contributed by atoms with Crippen molar-refractivity contribution in [1.29, 1.82) is 0 Å². The van der Waals surface area contributed by atoms with Gasteiger partial charge in [-0.15, -0.1) is 0 Å². The summed E-state index contributed by atoms with van der Waals surface area (Å²) in [7, 11) is 0. The molecule has 0 bridgehead atoms. The fraction of sp³-hybridized carbons (Fsp3) is 0.125. The quantitative estimate of drug-likeness (QED) is 0.453. The second-order valence-electron chi connectivity index (χ2n) is 2.00. The predicted molar refractivity (Wildman–Crippen MR) is 35.4 cm³/mol. The van der Waals surface area contributed by atoms with E-state index < -0.39 is 11.6 Å². The third-order valence-electron chi connectivity index (χ3n) is 1.27. The van der Waals surface area contributed by atoms with Gasteiger partial charge in [0, 0.05) is 0 Å². The van der Waals surface area contributed by atoms with Gasteiger partial charge in [0.2, 0.25) is 0 Å². The van der Waals surface area contributed by atoms with E-state index in [1.807, 2.05) is 0 Å². The van der Waals surface area contributed by atoms with Gasteiger partial charge in [-0.3, -0.25) is 0 Å². The zero-order valence-corrected chi connectivity index (χ0v) is 10.2. The first-order valence-corrected chi connectivity index (χ1v) is 2.97. The standard InChI is InChI=1S/C8H7F2.ClH.Zn/c1-2-6-3-4-7(9)8(10)5-6;;/h3-5H,1-2H2;1H;/q-1;;+2/p-1. The molecule has 0 aliphatic heterocycles. The Morgan fingerprint density at radius 3 is 2.17 bits per heavy atom. The molecule has 1 rings (SSSR count). The molecule has 4 heteroatoms. The molecule has 12 heavy (non-hydrogen) atoms. The zero-order valence-electron chi connectivity index (χ0n) is 6.49. The van der Waals surface area contributed by atoms with Crippen molar-refractivity contribution in [3.63, 3.8) is 0 Å². The van der Waals surface area contributed by atoms with Crippen LogP contribution in [-0.4, -0.2) is 0 Å². The molecule has 0 spiro atoms. The van der Waals surface area contributed by atoms with Gasteiger partial charge >= 0.3 is 19.5 Å². The van der Waals surface area contributed by atoms with Gasteiger partial charge < -0.3 is 19.3 Å². The Morgan fingerprint density at radius 1 is 1.17 bits per heavy atom. The van der Waals surface area contributed by atoms with Crippen LogP contribution < -0.4 is 12.4 Å². The number of hydrogen-bond donors (Lipinski definition) is 0. The zero-order chi connectivity index (χ0) is 7.56. The molecular weight excluding hydrogens is 235 g/mol. The second-order valence-corrected chi connectivity index (χ2v) is 2.00. The Labute approximate surface area is 89.5 Å². The summed E-state index contributed by atoms with van der Waals surface area (Å²) in [6, 6.07) is 3.78. The summed E-state index contributed by atoms with van der Waals surface area (Å²) in [6.45, 7) is 3.54. The number of halogens is 3. The van der Waals surface area contributed by atoms with E-state index in [0.29, 0.717) is 12.0 Å². The molecule has 0 saturated carbocycles. The van der Waals surface area contributed by atoms with Crippen LogP contribution >= 0.6 is 0 Å². The Bertz CT molecular complexity index is 240. The molecule has 0 radical (unpaired) electrons. The minimum absolute atomic E-state index is 0. The van der Waals surface area contributed by atoms with Gasteiger partial charge in [-0.2, -0.15) is 6.42 Å². The molecule has 0 fully saturated rings. The maximum absolute atomic E-state index is 12.4. The van der Waals surface area contributed by atoms with Gasteiger partial charge in [0.1, 0.15) is 0 Å². The van der Waals surface area contributed by atoms with E-state index in [2.05, 4.69) is 6.92 Å². The van der Waals surface area contributed by atoms with Crippen molar-refractivity contribution in [3.05, 3.63) is 42.3 Å². The molecule has 0 aliphatic carbocycles. The Morgan fingerprint density at radius 2 is 1.75 bits per heavy atom. The summed E-state index contributed by atoms with van der Waals surface area (Å²) in [6.07, 6.45) is 0.483. The van der Waals surface area contributed by atoms with E-state index in [9.17, 15) is 8.78 Å². The van der Waals surface area contributed by atoms with E-state index in [-0.39, 0.29) is 31.9 Å². The van der Waals surface area contributed by atoms with Crippen LogP contribution in [0.3, 0.4) is 0 Å². The van der Waals surface area contributed by atoms with Crippen LogP contribution in [0, 0.1) is 18.6 Å². The van der Waals surface area contributed by atoms with Crippen molar-refractivity contribution in [2.75, 3.05) is 0 Å². The Hall–Kier alpha value is -0.00662. The third kappa shape index (κ3) is 3.60. The van der Waals surface area contributed by atoms with Crippen LogP contribution in [-0.2, 0) is 25.9 Å². The molecule has 0 saturated heterocycles. The first-order valence-electron chi connectivity index (χ1n) is 2.97.